The molecule has 0 radical (unpaired) electrons. The lowest BCUT2D eigenvalue weighted by Crippen LogP contribution is -2.03. The predicted molar refractivity (Wildman–Crippen MR) is 38.1 cm³/mol. The van der Waals surface area contributed by atoms with Gasteiger partial charge in [-0.25, -0.2) is 0 Å². The van der Waals surface area contributed by atoms with Crippen LogP contribution in [-0.2, 0) is 4.74 Å². The SMILES string of the molecule is COC1=CCC[C@@H](C)C1. The molecule has 0 heterocycles. The summed E-state index contributed by atoms with van der Waals surface area (Å²) in [6.07, 6.45) is 5.85. The number of methoxy groups -OCH3 is 1. The molecular weight excluding hydrogens is 112 g/mol. The lowest BCUT2D eigenvalue weighted by molar-refractivity contribution is 0.248. The van der Waals surface area contributed by atoms with Crippen molar-refractivity contribution in [2.75, 3.05) is 7.11 Å². The van der Waals surface area contributed by atoms with Crippen molar-refractivity contribution < 1.29 is 4.74 Å². The van der Waals surface area contributed by atoms with Crippen molar-refractivity contribution in [3.8, 4) is 0 Å². The van der Waals surface area contributed by atoms with Crippen LogP contribution in [0.1, 0.15) is 26.2 Å². The monoisotopic (exact) mass is 126 g/mol. The zero-order valence-corrected chi connectivity index (χ0v) is 6.18. The van der Waals surface area contributed by atoms with Gasteiger partial charge in [0.25, 0.3) is 0 Å². The van der Waals surface area contributed by atoms with Gasteiger partial charge in [0, 0.05) is 6.42 Å². The van der Waals surface area contributed by atoms with E-state index >= 15 is 0 Å². The van der Waals surface area contributed by atoms with E-state index in [1.807, 2.05) is 0 Å². The van der Waals surface area contributed by atoms with Crippen molar-refractivity contribution in [1.29, 1.82) is 0 Å². The minimum atomic E-state index is 0.824. The fourth-order valence-electron chi connectivity index (χ4n) is 1.22. The first-order valence-corrected chi connectivity index (χ1v) is 3.56. The number of ether oxygens (including phenoxy) is 1. The van der Waals surface area contributed by atoms with Gasteiger partial charge in [0.05, 0.1) is 12.9 Å². The maximum atomic E-state index is 5.12. The Balaban J connectivity index is 2.43. The highest BCUT2D eigenvalue weighted by Gasteiger charge is 2.09. The second-order valence-electron chi connectivity index (χ2n) is 2.76. The molecule has 1 nitrogen and oxygen atoms in total. The quantitative estimate of drug-likeness (QED) is 0.524. The molecular formula is C8H14O. The van der Waals surface area contributed by atoms with Crippen molar-refractivity contribution in [3.63, 3.8) is 0 Å². The topological polar surface area (TPSA) is 9.23 Å². The van der Waals surface area contributed by atoms with Gasteiger partial charge in [-0.15, -0.1) is 0 Å². The fraction of sp³-hybridized carbons (Fsp3) is 0.750. The summed E-state index contributed by atoms with van der Waals surface area (Å²) in [6.45, 7) is 2.27. The second-order valence-corrected chi connectivity index (χ2v) is 2.76. The van der Waals surface area contributed by atoms with Crippen molar-refractivity contribution in [2.45, 2.75) is 26.2 Å². The third-order valence-electron chi connectivity index (χ3n) is 1.84. The van der Waals surface area contributed by atoms with Crippen molar-refractivity contribution in [3.05, 3.63) is 11.8 Å². The molecule has 0 aromatic carbocycles. The van der Waals surface area contributed by atoms with Crippen LogP contribution in [0.5, 0.6) is 0 Å². The van der Waals surface area contributed by atoms with Crippen LogP contribution in [-0.4, -0.2) is 7.11 Å². The van der Waals surface area contributed by atoms with Crippen LogP contribution in [0.15, 0.2) is 11.8 Å². The van der Waals surface area contributed by atoms with Crippen molar-refractivity contribution in [1.82, 2.24) is 0 Å². The summed E-state index contributed by atoms with van der Waals surface area (Å²) >= 11 is 0. The molecule has 52 valence electrons. The molecule has 0 saturated carbocycles. The molecule has 0 fully saturated rings. The first-order chi connectivity index (χ1) is 4.33. The first kappa shape index (κ1) is 6.66. The van der Waals surface area contributed by atoms with Gasteiger partial charge in [0.15, 0.2) is 0 Å². The molecule has 0 N–H and O–H groups in total. The highest BCUT2D eigenvalue weighted by molar-refractivity contribution is 4.98. The van der Waals surface area contributed by atoms with Gasteiger partial charge in [-0.3, -0.25) is 0 Å². The summed E-state index contributed by atoms with van der Waals surface area (Å²) < 4.78 is 5.12. The molecule has 0 spiro atoms. The van der Waals surface area contributed by atoms with Gasteiger partial charge in [0.1, 0.15) is 0 Å². The maximum Gasteiger partial charge on any atom is 0.0918 e. The summed E-state index contributed by atoms with van der Waals surface area (Å²) in [6, 6.07) is 0. The predicted octanol–water partition coefficient (Wildman–Crippen LogP) is 2.34. The van der Waals surface area contributed by atoms with E-state index in [4.69, 9.17) is 4.74 Å². The van der Waals surface area contributed by atoms with E-state index in [0.29, 0.717) is 0 Å². The number of hydrogen-bond donors (Lipinski definition) is 0. The highest BCUT2D eigenvalue weighted by atomic mass is 16.5. The summed E-state index contributed by atoms with van der Waals surface area (Å²) in [5.74, 6) is 2.00. The molecule has 0 saturated heterocycles. The molecule has 0 aromatic rings. The van der Waals surface area contributed by atoms with Crippen molar-refractivity contribution in [2.24, 2.45) is 5.92 Å². The van der Waals surface area contributed by atoms with E-state index in [0.717, 1.165) is 12.3 Å². The Kier molecular flexibility index (Phi) is 2.15. The van der Waals surface area contributed by atoms with E-state index in [-0.39, 0.29) is 0 Å². The molecule has 1 aliphatic rings. The lowest BCUT2D eigenvalue weighted by atomic mass is 9.95. The number of allylic oxidation sites excluding steroid dienone is 2. The molecule has 1 rings (SSSR count). The van der Waals surface area contributed by atoms with Crippen LogP contribution in [0.25, 0.3) is 0 Å². The minimum Gasteiger partial charge on any atom is -0.501 e. The van der Waals surface area contributed by atoms with Gasteiger partial charge in [-0.1, -0.05) is 6.92 Å². The molecule has 0 amide bonds. The van der Waals surface area contributed by atoms with Crippen LogP contribution < -0.4 is 0 Å². The van der Waals surface area contributed by atoms with E-state index in [9.17, 15) is 0 Å². The Bertz CT molecular complexity index is 116. The molecule has 0 unspecified atom stereocenters. The Morgan fingerprint density at radius 2 is 2.44 bits per heavy atom. The van der Waals surface area contributed by atoms with Crippen LogP contribution in [0.3, 0.4) is 0 Å². The lowest BCUT2D eigenvalue weighted by Gasteiger charge is -2.17. The smallest absolute Gasteiger partial charge is 0.0918 e. The van der Waals surface area contributed by atoms with E-state index in [2.05, 4.69) is 13.0 Å². The van der Waals surface area contributed by atoms with Gasteiger partial charge < -0.3 is 4.74 Å². The van der Waals surface area contributed by atoms with E-state index < -0.39 is 0 Å². The molecule has 0 aliphatic heterocycles. The third-order valence-corrected chi connectivity index (χ3v) is 1.84. The first-order valence-electron chi connectivity index (χ1n) is 3.56. The normalized spacial score (nSPS) is 27.3. The van der Waals surface area contributed by atoms with Crippen LogP contribution in [0.4, 0.5) is 0 Å². The highest BCUT2D eigenvalue weighted by Crippen LogP contribution is 2.22. The largest absolute Gasteiger partial charge is 0.501 e. The Morgan fingerprint density at radius 3 is 2.89 bits per heavy atom. The van der Waals surface area contributed by atoms with E-state index in [1.54, 1.807) is 7.11 Å². The maximum absolute atomic E-state index is 5.12. The number of hydrogen-bond acceptors (Lipinski definition) is 1. The molecule has 1 atom stereocenters. The average molecular weight is 126 g/mol. The zero-order valence-electron chi connectivity index (χ0n) is 6.18. The standard InChI is InChI=1S/C8H14O/c1-7-4-3-5-8(6-7)9-2/h5,7H,3-4,6H2,1-2H3/t7-/m1/s1. The molecule has 1 aliphatic carbocycles. The van der Waals surface area contributed by atoms with Crippen LogP contribution in [0.2, 0.25) is 0 Å². The average Bonchev–Trinajstić information content (AvgIpc) is 1.88. The van der Waals surface area contributed by atoms with Crippen LogP contribution in [0, 0.1) is 5.92 Å². The summed E-state index contributed by atoms with van der Waals surface area (Å²) in [4.78, 5) is 0. The fourth-order valence-corrected chi connectivity index (χ4v) is 1.22. The summed E-state index contributed by atoms with van der Waals surface area (Å²) in [5, 5.41) is 0. The van der Waals surface area contributed by atoms with Gasteiger partial charge in [-0.05, 0) is 24.8 Å². The van der Waals surface area contributed by atoms with Gasteiger partial charge in [0.2, 0.25) is 0 Å². The van der Waals surface area contributed by atoms with E-state index in [1.165, 1.54) is 18.6 Å². The molecule has 9 heavy (non-hydrogen) atoms. The molecule has 1 heteroatoms. The Labute approximate surface area is 56.7 Å². The van der Waals surface area contributed by atoms with Gasteiger partial charge >= 0.3 is 0 Å². The minimum absolute atomic E-state index is 0.824. The summed E-state index contributed by atoms with van der Waals surface area (Å²) in [7, 11) is 1.75. The third kappa shape index (κ3) is 1.74. The van der Waals surface area contributed by atoms with Crippen LogP contribution >= 0.6 is 0 Å². The Hall–Kier alpha value is -0.460. The molecule has 0 aromatic heterocycles. The number of rotatable bonds is 1. The Morgan fingerprint density at radius 1 is 1.67 bits per heavy atom. The molecule has 0 bridgehead atoms. The summed E-state index contributed by atoms with van der Waals surface area (Å²) in [5.41, 5.74) is 0. The zero-order chi connectivity index (χ0) is 6.69. The van der Waals surface area contributed by atoms with Gasteiger partial charge in [-0.2, -0.15) is 0 Å². The van der Waals surface area contributed by atoms with Crippen molar-refractivity contribution >= 4 is 0 Å². The second kappa shape index (κ2) is 2.90.